The van der Waals surface area contributed by atoms with Crippen molar-refractivity contribution in [2.75, 3.05) is 18.0 Å². The third-order valence-corrected chi connectivity index (χ3v) is 6.05. The average molecular weight is 421 g/mol. The van der Waals surface area contributed by atoms with Crippen LogP contribution >= 0.6 is 11.6 Å². The van der Waals surface area contributed by atoms with Crippen LogP contribution in [0.2, 0.25) is 5.02 Å². The van der Waals surface area contributed by atoms with E-state index in [0.29, 0.717) is 21.6 Å². The van der Waals surface area contributed by atoms with E-state index in [4.69, 9.17) is 11.6 Å². The molecule has 1 unspecified atom stereocenters. The van der Waals surface area contributed by atoms with Gasteiger partial charge in [0.05, 0.1) is 18.6 Å². The van der Waals surface area contributed by atoms with Gasteiger partial charge < -0.3 is 15.2 Å². The van der Waals surface area contributed by atoms with Crippen molar-refractivity contribution >= 4 is 28.5 Å². The molecule has 2 aromatic heterocycles. The maximum atomic E-state index is 13.9. The first-order valence-corrected chi connectivity index (χ1v) is 9.97. The fourth-order valence-electron chi connectivity index (χ4n) is 4.11. The molecule has 0 bridgehead atoms. The molecule has 0 spiro atoms. The van der Waals surface area contributed by atoms with Gasteiger partial charge in [0.25, 0.3) is 5.56 Å². The molecule has 1 aliphatic rings. The molecule has 0 radical (unpaired) electrons. The lowest BCUT2D eigenvalue weighted by Crippen LogP contribution is -2.67. The summed E-state index contributed by atoms with van der Waals surface area (Å²) in [6.07, 6.45) is 2.04. The van der Waals surface area contributed by atoms with Crippen molar-refractivity contribution in [3.05, 3.63) is 61.5 Å². The number of piperidine rings is 1. The molecule has 4 rings (SSSR count). The van der Waals surface area contributed by atoms with Gasteiger partial charge in [-0.1, -0.05) is 11.6 Å². The summed E-state index contributed by atoms with van der Waals surface area (Å²) in [5.41, 5.74) is 4.94. The summed E-state index contributed by atoms with van der Waals surface area (Å²) in [6.45, 7) is 1.80. The summed E-state index contributed by atoms with van der Waals surface area (Å²) in [5, 5.41) is 0.425. The normalized spacial score (nSPS) is 17.3. The smallest absolute Gasteiger partial charge is 0.331 e. The highest BCUT2D eigenvalue weighted by atomic mass is 35.5. The van der Waals surface area contributed by atoms with E-state index in [-0.39, 0.29) is 23.8 Å². The summed E-state index contributed by atoms with van der Waals surface area (Å²) in [5.74, 6) is 0.422. The van der Waals surface area contributed by atoms with E-state index in [0.717, 1.165) is 36.3 Å². The van der Waals surface area contributed by atoms with Gasteiger partial charge in [0.2, 0.25) is 0 Å². The molecular weight excluding hydrogens is 397 g/mol. The highest BCUT2D eigenvalue weighted by Crippen LogP contribution is 2.29. The molecule has 9 heteroatoms. The number of halogens is 2. The lowest BCUT2D eigenvalue weighted by atomic mass is 10.1. The van der Waals surface area contributed by atoms with E-state index in [1.54, 1.807) is 7.05 Å². The average Bonchev–Trinajstić information content (AvgIpc) is 3.07. The highest BCUT2D eigenvalue weighted by Gasteiger charge is 2.26. The predicted molar refractivity (Wildman–Crippen MR) is 111 cm³/mol. The predicted octanol–water partition coefficient (Wildman–Crippen LogP) is 1.09. The zero-order valence-electron chi connectivity index (χ0n) is 16.5. The van der Waals surface area contributed by atoms with Crippen LogP contribution in [0.25, 0.3) is 11.0 Å². The molecule has 0 aliphatic carbocycles. The Morgan fingerprint density at radius 3 is 2.69 bits per heavy atom. The molecule has 7 nitrogen and oxygen atoms in total. The van der Waals surface area contributed by atoms with E-state index >= 15 is 0 Å². The summed E-state index contributed by atoms with van der Waals surface area (Å²) < 4.78 is 18.3. The van der Waals surface area contributed by atoms with Gasteiger partial charge in [0.15, 0.2) is 0 Å². The van der Waals surface area contributed by atoms with Crippen molar-refractivity contribution in [1.29, 1.82) is 0 Å². The van der Waals surface area contributed by atoms with E-state index in [1.165, 1.54) is 29.8 Å². The monoisotopic (exact) mass is 420 g/mol. The second-order valence-corrected chi connectivity index (χ2v) is 8.13. The number of aromatic nitrogens is 3. The van der Waals surface area contributed by atoms with Gasteiger partial charge >= 0.3 is 5.69 Å². The van der Waals surface area contributed by atoms with Crippen molar-refractivity contribution in [1.82, 2.24) is 13.7 Å². The van der Waals surface area contributed by atoms with Crippen molar-refractivity contribution in [3.8, 4) is 0 Å². The molecule has 1 saturated heterocycles. The Kier molecular flexibility index (Phi) is 5.00. The minimum Gasteiger partial charge on any atom is -0.354 e. The Labute approximate surface area is 171 Å². The van der Waals surface area contributed by atoms with E-state index in [9.17, 15) is 14.0 Å². The Morgan fingerprint density at radius 1 is 1.21 bits per heavy atom. The lowest BCUT2D eigenvalue weighted by molar-refractivity contribution is -0.419. The molecular formula is C20H24ClFN5O2+. The third kappa shape index (κ3) is 3.36. The fraction of sp³-hybridized carbons (Fsp3) is 0.400. The Hall–Kier alpha value is -2.58. The first kappa shape index (κ1) is 19.7. The summed E-state index contributed by atoms with van der Waals surface area (Å²) in [7, 11) is 3.11. The highest BCUT2D eigenvalue weighted by molar-refractivity contribution is 6.31. The summed E-state index contributed by atoms with van der Waals surface area (Å²) in [4.78, 5) is 27.6. The number of quaternary nitrogens is 1. The van der Waals surface area contributed by atoms with Crippen molar-refractivity contribution in [2.45, 2.75) is 25.4 Å². The zero-order valence-corrected chi connectivity index (χ0v) is 17.2. The maximum Gasteiger partial charge on any atom is 0.331 e. The van der Waals surface area contributed by atoms with Crippen LogP contribution in [-0.2, 0) is 20.6 Å². The van der Waals surface area contributed by atoms with Crippen LogP contribution in [0.15, 0.2) is 33.9 Å². The quantitative estimate of drug-likeness (QED) is 0.688. The standard InChI is InChI=1S/C20H23ClFN5O2/c1-24-16-9-17(26-7-3-4-14(23)11-26)27(18(16)19(28)25(2)20(24)29)10-12-8-13(22)5-6-15(12)21/h5-6,8-9,14H,3-4,7,10-11,23H2,1-2H3/p+1. The molecule has 0 saturated carbocycles. The largest absolute Gasteiger partial charge is 0.354 e. The van der Waals surface area contributed by atoms with Gasteiger partial charge in [0, 0.05) is 38.1 Å². The lowest BCUT2D eigenvalue weighted by Gasteiger charge is -2.31. The van der Waals surface area contributed by atoms with Crippen molar-refractivity contribution in [2.24, 2.45) is 14.1 Å². The number of fused-ring (bicyclic) bond motifs is 1. The van der Waals surface area contributed by atoms with Crippen LogP contribution in [0.1, 0.15) is 18.4 Å². The Bertz CT molecular complexity index is 1210. The topological polar surface area (TPSA) is 79.8 Å². The molecule has 154 valence electrons. The first-order chi connectivity index (χ1) is 13.8. The minimum atomic E-state index is -0.390. The van der Waals surface area contributed by atoms with Gasteiger partial charge in [-0.25, -0.2) is 9.18 Å². The van der Waals surface area contributed by atoms with Gasteiger partial charge in [-0.2, -0.15) is 0 Å². The number of anilines is 1. The maximum absolute atomic E-state index is 13.9. The van der Waals surface area contributed by atoms with Crippen LogP contribution in [-0.4, -0.2) is 32.8 Å². The molecule has 3 heterocycles. The first-order valence-electron chi connectivity index (χ1n) is 9.59. The molecule has 1 atom stereocenters. The van der Waals surface area contributed by atoms with Crippen LogP contribution in [0.3, 0.4) is 0 Å². The molecule has 1 aliphatic heterocycles. The molecule has 1 aromatic carbocycles. The second-order valence-electron chi connectivity index (χ2n) is 7.72. The second kappa shape index (κ2) is 7.35. The Balaban J connectivity index is 1.98. The van der Waals surface area contributed by atoms with Crippen LogP contribution in [0, 0.1) is 5.82 Å². The van der Waals surface area contributed by atoms with Crippen LogP contribution < -0.4 is 21.9 Å². The zero-order chi connectivity index (χ0) is 20.9. The minimum absolute atomic E-state index is 0.223. The van der Waals surface area contributed by atoms with Crippen molar-refractivity contribution < 1.29 is 10.1 Å². The van der Waals surface area contributed by atoms with Gasteiger partial charge in [-0.15, -0.1) is 0 Å². The molecule has 3 N–H and O–H groups in total. The summed E-state index contributed by atoms with van der Waals surface area (Å²) in [6, 6.07) is 6.34. The number of nitrogens with zero attached hydrogens (tertiary/aromatic N) is 4. The number of benzene rings is 1. The Morgan fingerprint density at radius 2 is 1.97 bits per heavy atom. The van der Waals surface area contributed by atoms with Crippen molar-refractivity contribution in [3.63, 3.8) is 0 Å². The van der Waals surface area contributed by atoms with E-state index < -0.39 is 5.82 Å². The summed E-state index contributed by atoms with van der Waals surface area (Å²) >= 11 is 6.31. The molecule has 29 heavy (non-hydrogen) atoms. The third-order valence-electron chi connectivity index (χ3n) is 5.68. The number of rotatable bonds is 3. The van der Waals surface area contributed by atoms with Crippen LogP contribution in [0.4, 0.5) is 10.2 Å². The number of hydrogen-bond acceptors (Lipinski definition) is 3. The van der Waals surface area contributed by atoms with Gasteiger partial charge in [0.1, 0.15) is 23.2 Å². The van der Waals surface area contributed by atoms with E-state index in [2.05, 4.69) is 10.6 Å². The number of hydrogen-bond donors (Lipinski definition) is 1. The number of aryl methyl sites for hydroxylation is 1. The molecule has 3 aromatic rings. The van der Waals surface area contributed by atoms with Gasteiger partial charge in [-0.05, 0) is 30.2 Å². The molecule has 1 fully saturated rings. The van der Waals surface area contributed by atoms with E-state index in [1.807, 2.05) is 10.6 Å². The van der Waals surface area contributed by atoms with Crippen LogP contribution in [0.5, 0.6) is 0 Å². The fourth-order valence-corrected chi connectivity index (χ4v) is 4.28. The SMILES string of the molecule is Cn1c(=O)c2c(cc(N3CCCC([NH3+])C3)n2Cc2cc(F)ccc2Cl)n(C)c1=O. The van der Waals surface area contributed by atoms with Gasteiger partial charge in [-0.3, -0.25) is 13.9 Å². The molecule has 0 amide bonds.